The van der Waals surface area contributed by atoms with Gasteiger partial charge in [-0.25, -0.2) is 0 Å². The molecule has 35 heavy (non-hydrogen) atoms. The Morgan fingerprint density at radius 1 is 1.23 bits per heavy atom. The van der Waals surface area contributed by atoms with Crippen molar-refractivity contribution in [3.8, 4) is 0 Å². The van der Waals surface area contributed by atoms with Gasteiger partial charge in [-0.05, 0) is 57.6 Å². The van der Waals surface area contributed by atoms with Gasteiger partial charge in [-0.1, -0.05) is 30.3 Å². The first-order chi connectivity index (χ1) is 16.6. The van der Waals surface area contributed by atoms with Gasteiger partial charge in [0.05, 0.1) is 30.9 Å². The molecule has 0 bridgehead atoms. The number of likely N-dealkylation sites (N-methyl/N-ethyl adjacent to an activating group) is 1. The molecule has 3 atom stereocenters. The van der Waals surface area contributed by atoms with Gasteiger partial charge in [-0.2, -0.15) is 13.2 Å². The number of ether oxygens (including phenoxy) is 2. The Hall–Kier alpha value is -2.17. The molecule has 3 aliphatic rings. The van der Waals surface area contributed by atoms with Gasteiger partial charge in [0.15, 0.2) is 0 Å². The summed E-state index contributed by atoms with van der Waals surface area (Å²) in [5, 5.41) is 4.72. The van der Waals surface area contributed by atoms with Crippen molar-refractivity contribution in [3.63, 3.8) is 0 Å². The summed E-state index contributed by atoms with van der Waals surface area (Å²) >= 11 is 0. The maximum Gasteiger partial charge on any atom is 0.405 e. The van der Waals surface area contributed by atoms with Crippen molar-refractivity contribution in [1.29, 1.82) is 0 Å². The predicted octanol–water partition coefficient (Wildman–Crippen LogP) is 3.00. The molecule has 1 spiro atoms. The number of nitrogens with zero attached hydrogens (tertiary/aromatic N) is 1. The van der Waals surface area contributed by atoms with Crippen LogP contribution in [-0.4, -0.2) is 80.5 Å². The second kappa shape index (κ2) is 12.2. The summed E-state index contributed by atoms with van der Waals surface area (Å²) in [7, 11) is 2.14. The van der Waals surface area contributed by atoms with Gasteiger partial charge in [-0.15, -0.1) is 0 Å². The highest BCUT2D eigenvalue weighted by molar-refractivity contribution is 5.79. The number of alkyl halides is 3. The van der Waals surface area contributed by atoms with Crippen LogP contribution in [0.5, 0.6) is 0 Å². The van der Waals surface area contributed by atoms with Crippen LogP contribution < -0.4 is 10.6 Å². The van der Waals surface area contributed by atoms with E-state index in [-0.39, 0.29) is 30.5 Å². The van der Waals surface area contributed by atoms with Crippen molar-refractivity contribution in [3.05, 3.63) is 35.9 Å². The highest BCUT2D eigenvalue weighted by Gasteiger charge is 2.52. The molecule has 4 rings (SSSR count). The van der Waals surface area contributed by atoms with Gasteiger partial charge in [0.1, 0.15) is 13.2 Å². The van der Waals surface area contributed by atoms with Crippen LogP contribution in [0.3, 0.4) is 0 Å². The molecule has 196 valence electrons. The average molecular weight is 500 g/mol. The number of morpholine rings is 1. The van der Waals surface area contributed by atoms with Crippen LogP contribution in [0, 0.1) is 0 Å². The number of hydrogen-bond acceptors (Lipinski definition) is 5. The van der Waals surface area contributed by atoms with Crippen LogP contribution >= 0.6 is 0 Å². The van der Waals surface area contributed by atoms with E-state index < -0.39 is 12.7 Å². The molecular weight excluding hydrogens is 463 g/mol. The van der Waals surface area contributed by atoms with E-state index in [1.165, 1.54) is 23.7 Å². The van der Waals surface area contributed by atoms with Gasteiger partial charge in [-0.3, -0.25) is 14.5 Å². The third kappa shape index (κ3) is 7.65. The molecule has 3 fully saturated rings. The van der Waals surface area contributed by atoms with Gasteiger partial charge >= 0.3 is 6.18 Å². The third-order valence-electron chi connectivity index (χ3n) is 7.29. The minimum Gasteiger partial charge on any atom is -0.376 e. The fourth-order valence-electron chi connectivity index (χ4n) is 5.42. The SMILES string of the molecule is CC1CC2(COCC(=O)N2)C(COC2CCC(c3ccccc3)CC2)N1C.O=CNCC(F)(F)F. The molecule has 2 amide bonds. The fraction of sp³-hybridized carbons (Fsp3) is 0.680. The Kier molecular flexibility index (Phi) is 9.54. The topological polar surface area (TPSA) is 79.9 Å². The summed E-state index contributed by atoms with van der Waals surface area (Å²) in [6.07, 6.45) is 1.57. The molecule has 7 nitrogen and oxygen atoms in total. The van der Waals surface area contributed by atoms with E-state index in [2.05, 4.69) is 54.5 Å². The van der Waals surface area contributed by atoms with Crippen molar-refractivity contribution in [1.82, 2.24) is 15.5 Å². The zero-order valence-electron chi connectivity index (χ0n) is 20.4. The Bertz CT molecular complexity index is 818. The monoisotopic (exact) mass is 499 g/mol. The normalized spacial score (nSPS) is 31.4. The lowest BCUT2D eigenvalue weighted by atomic mass is 9.82. The second-order valence-corrected chi connectivity index (χ2v) is 9.76. The largest absolute Gasteiger partial charge is 0.405 e. The molecular formula is C25H36F3N3O4. The number of carbonyl (C=O) groups excluding carboxylic acids is 2. The van der Waals surface area contributed by atoms with Gasteiger partial charge < -0.3 is 20.1 Å². The Morgan fingerprint density at radius 2 is 1.91 bits per heavy atom. The molecule has 10 heteroatoms. The minimum atomic E-state index is -4.29. The Labute approximate surface area is 204 Å². The van der Waals surface area contributed by atoms with Crippen LogP contribution in [0.4, 0.5) is 13.2 Å². The molecule has 1 aromatic carbocycles. The van der Waals surface area contributed by atoms with Gasteiger partial charge in [0, 0.05) is 6.04 Å². The van der Waals surface area contributed by atoms with Crippen LogP contribution in [0.2, 0.25) is 0 Å². The van der Waals surface area contributed by atoms with Crippen molar-refractivity contribution in [2.24, 2.45) is 0 Å². The lowest BCUT2D eigenvalue weighted by Gasteiger charge is -2.41. The molecule has 1 aromatic rings. The number of carbonyl (C=O) groups is 2. The molecule has 2 aliphatic heterocycles. The van der Waals surface area contributed by atoms with E-state index in [0.717, 1.165) is 19.3 Å². The molecule has 1 saturated carbocycles. The minimum absolute atomic E-state index is 0.00267. The highest BCUT2D eigenvalue weighted by Crippen LogP contribution is 2.37. The third-order valence-corrected chi connectivity index (χ3v) is 7.29. The number of rotatable bonds is 6. The molecule has 0 aromatic heterocycles. The van der Waals surface area contributed by atoms with Crippen molar-refractivity contribution in [2.45, 2.75) is 74.8 Å². The maximum atomic E-state index is 12.0. The predicted molar refractivity (Wildman–Crippen MR) is 125 cm³/mol. The lowest BCUT2D eigenvalue weighted by Crippen LogP contribution is -2.64. The summed E-state index contributed by atoms with van der Waals surface area (Å²) in [6, 6.07) is 11.4. The van der Waals surface area contributed by atoms with Gasteiger partial charge in [0.2, 0.25) is 12.3 Å². The average Bonchev–Trinajstić information content (AvgIpc) is 3.05. The van der Waals surface area contributed by atoms with E-state index in [1.54, 1.807) is 0 Å². The van der Waals surface area contributed by atoms with E-state index in [4.69, 9.17) is 9.47 Å². The smallest absolute Gasteiger partial charge is 0.376 e. The number of hydrogen-bond donors (Lipinski definition) is 2. The van der Waals surface area contributed by atoms with E-state index in [1.807, 2.05) is 0 Å². The van der Waals surface area contributed by atoms with Gasteiger partial charge in [0.25, 0.3) is 0 Å². The summed E-state index contributed by atoms with van der Waals surface area (Å²) < 4.78 is 45.1. The fourth-order valence-corrected chi connectivity index (χ4v) is 5.42. The quantitative estimate of drug-likeness (QED) is 0.589. The van der Waals surface area contributed by atoms with E-state index in [0.29, 0.717) is 31.3 Å². The first-order valence-electron chi connectivity index (χ1n) is 12.1. The Morgan fingerprint density at radius 3 is 2.49 bits per heavy atom. The molecule has 2 heterocycles. The van der Waals surface area contributed by atoms with Crippen molar-refractivity contribution in [2.75, 3.05) is 33.4 Å². The van der Waals surface area contributed by atoms with Crippen LogP contribution in [0.15, 0.2) is 30.3 Å². The molecule has 0 radical (unpaired) electrons. The summed E-state index contributed by atoms with van der Waals surface area (Å²) in [5.74, 6) is 0.662. The lowest BCUT2D eigenvalue weighted by molar-refractivity contribution is -0.137. The van der Waals surface area contributed by atoms with Crippen LogP contribution in [0.1, 0.15) is 50.5 Å². The zero-order valence-corrected chi connectivity index (χ0v) is 20.4. The molecule has 2 saturated heterocycles. The summed E-state index contributed by atoms with van der Waals surface area (Å²) in [6.45, 7) is 2.38. The molecule has 2 N–H and O–H groups in total. The number of nitrogens with one attached hydrogen (secondary N) is 2. The summed E-state index contributed by atoms with van der Waals surface area (Å²) in [5.41, 5.74) is 1.16. The number of likely N-dealkylation sites (tertiary alicyclic amines) is 1. The van der Waals surface area contributed by atoms with Crippen LogP contribution in [0.25, 0.3) is 0 Å². The first-order valence-corrected chi connectivity index (χ1v) is 12.1. The van der Waals surface area contributed by atoms with Crippen molar-refractivity contribution >= 4 is 12.3 Å². The highest BCUT2D eigenvalue weighted by atomic mass is 19.4. The second-order valence-electron chi connectivity index (χ2n) is 9.76. The molecule has 3 unspecified atom stereocenters. The Balaban J connectivity index is 0.000000371. The number of halogens is 3. The van der Waals surface area contributed by atoms with Crippen molar-refractivity contribution < 1.29 is 32.2 Å². The van der Waals surface area contributed by atoms with E-state index >= 15 is 0 Å². The summed E-state index contributed by atoms with van der Waals surface area (Å²) in [4.78, 5) is 23.6. The maximum absolute atomic E-state index is 12.0. The van der Waals surface area contributed by atoms with Crippen LogP contribution in [-0.2, 0) is 19.1 Å². The standard InChI is InChI=1S/C22H32N2O3.C3H4F3NO/c1-16-12-22(15-26-14-21(25)23-22)20(24(16)2)13-27-19-10-8-18(9-11-19)17-6-4-3-5-7-17;4-3(5,6)1-7-2-8/h3-7,16,18-20H,8-15H2,1-2H3,(H,23,25);2H,1H2,(H,7,8). The number of benzene rings is 1. The van der Waals surface area contributed by atoms with E-state index in [9.17, 15) is 22.8 Å². The number of amides is 2. The molecule has 1 aliphatic carbocycles. The first kappa shape index (κ1) is 27.4. The zero-order chi connectivity index (χ0) is 25.5.